The van der Waals surface area contributed by atoms with Crippen LogP contribution in [0.2, 0.25) is 0 Å². The highest BCUT2D eigenvalue weighted by atomic mass is 16.5. The van der Waals surface area contributed by atoms with Gasteiger partial charge in [-0.3, -0.25) is 14.6 Å². The molecule has 2 unspecified atom stereocenters. The number of piperazine rings is 1. The molecule has 0 aromatic carbocycles. The van der Waals surface area contributed by atoms with Crippen LogP contribution in [0.15, 0.2) is 4.52 Å². The Morgan fingerprint density at radius 3 is 2.41 bits per heavy atom. The van der Waals surface area contributed by atoms with Crippen molar-refractivity contribution in [3.05, 3.63) is 11.7 Å². The quantitative estimate of drug-likeness (QED) is 0.864. The van der Waals surface area contributed by atoms with Gasteiger partial charge in [-0.15, -0.1) is 0 Å². The van der Waals surface area contributed by atoms with Crippen LogP contribution >= 0.6 is 0 Å². The molecule has 2 atom stereocenters. The summed E-state index contributed by atoms with van der Waals surface area (Å²) in [6.45, 7) is 9.50. The monoisotopic (exact) mass is 307 g/mol. The Labute approximate surface area is 131 Å². The van der Waals surface area contributed by atoms with E-state index in [-0.39, 0.29) is 18.0 Å². The van der Waals surface area contributed by atoms with Crippen LogP contribution in [0.1, 0.15) is 44.4 Å². The average molecular weight is 307 g/mol. The summed E-state index contributed by atoms with van der Waals surface area (Å²) < 4.78 is 5.26. The molecule has 1 N–H and O–H groups in total. The first-order valence-electron chi connectivity index (χ1n) is 8.13. The number of hydrogen-bond acceptors (Lipinski definition) is 6. The van der Waals surface area contributed by atoms with Crippen LogP contribution in [0.25, 0.3) is 0 Å². The normalized spacial score (nSPS) is 23.2. The Hall–Kier alpha value is -1.47. The summed E-state index contributed by atoms with van der Waals surface area (Å²) in [6.07, 6.45) is 2.26. The maximum absolute atomic E-state index is 12.1. The first kappa shape index (κ1) is 15.4. The van der Waals surface area contributed by atoms with Gasteiger partial charge in [-0.1, -0.05) is 5.16 Å². The second-order valence-electron chi connectivity index (χ2n) is 6.39. The summed E-state index contributed by atoms with van der Waals surface area (Å²) in [7, 11) is 0. The van der Waals surface area contributed by atoms with Crippen LogP contribution in [0.5, 0.6) is 0 Å². The van der Waals surface area contributed by atoms with E-state index in [4.69, 9.17) is 4.52 Å². The molecular weight excluding hydrogens is 282 g/mol. The third kappa shape index (κ3) is 3.47. The third-order valence-electron chi connectivity index (χ3n) is 4.65. The van der Waals surface area contributed by atoms with E-state index in [0.29, 0.717) is 17.8 Å². The van der Waals surface area contributed by atoms with E-state index in [2.05, 4.69) is 32.2 Å². The predicted octanol–water partition coefficient (Wildman–Crippen LogP) is 0.724. The molecule has 1 saturated heterocycles. The molecule has 7 heteroatoms. The summed E-state index contributed by atoms with van der Waals surface area (Å²) in [5, 5.41) is 6.94. The molecule has 0 radical (unpaired) electrons. The smallest absolute Gasteiger partial charge is 0.243 e. The Morgan fingerprint density at radius 1 is 1.23 bits per heavy atom. The van der Waals surface area contributed by atoms with E-state index in [9.17, 15) is 4.79 Å². The number of aromatic nitrogens is 2. The number of carbonyl (C=O) groups is 1. The Morgan fingerprint density at radius 2 is 1.86 bits per heavy atom. The topological polar surface area (TPSA) is 74.5 Å². The molecule has 2 aliphatic rings. The Bertz CT molecular complexity index is 520. The minimum absolute atomic E-state index is 0.0521. The minimum Gasteiger partial charge on any atom is -0.352 e. The van der Waals surface area contributed by atoms with E-state index < -0.39 is 0 Å². The lowest BCUT2D eigenvalue weighted by molar-refractivity contribution is -0.126. The molecule has 2 fully saturated rings. The molecule has 1 aromatic rings. The van der Waals surface area contributed by atoms with Crippen LogP contribution in [0, 0.1) is 6.92 Å². The number of carbonyl (C=O) groups excluding carboxylic acids is 1. The fourth-order valence-electron chi connectivity index (χ4n) is 2.87. The summed E-state index contributed by atoms with van der Waals surface area (Å²) in [6, 6.07) is 0.500. The first-order valence-corrected chi connectivity index (χ1v) is 8.13. The number of rotatable bonds is 5. The highest BCUT2D eigenvalue weighted by molar-refractivity contribution is 5.81. The standard InChI is InChI=1S/C15H25N5O2/c1-10(14(21)17-13-4-5-13)19-6-8-20(9-7-19)11(2)15-16-12(3)18-22-15/h10-11,13H,4-9H2,1-3H3,(H,17,21). The van der Waals surface area contributed by atoms with Crippen LogP contribution in [-0.2, 0) is 4.79 Å². The zero-order chi connectivity index (χ0) is 15.7. The van der Waals surface area contributed by atoms with Gasteiger partial charge in [0.2, 0.25) is 11.8 Å². The lowest BCUT2D eigenvalue weighted by atomic mass is 10.2. The van der Waals surface area contributed by atoms with Crippen molar-refractivity contribution in [3.63, 3.8) is 0 Å². The van der Waals surface area contributed by atoms with Gasteiger partial charge in [0.15, 0.2) is 5.82 Å². The van der Waals surface area contributed by atoms with E-state index in [0.717, 1.165) is 39.0 Å². The molecule has 7 nitrogen and oxygen atoms in total. The minimum atomic E-state index is -0.0521. The van der Waals surface area contributed by atoms with Crippen LogP contribution in [0.3, 0.4) is 0 Å². The second-order valence-corrected chi connectivity index (χ2v) is 6.39. The summed E-state index contributed by atoms with van der Waals surface area (Å²) >= 11 is 0. The van der Waals surface area contributed by atoms with E-state index in [1.165, 1.54) is 0 Å². The number of hydrogen-bond donors (Lipinski definition) is 1. The molecular formula is C15H25N5O2. The van der Waals surface area contributed by atoms with Crippen molar-refractivity contribution in [2.45, 2.75) is 51.7 Å². The molecule has 1 saturated carbocycles. The van der Waals surface area contributed by atoms with Gasteiger partial charge >= 0.3 is 0 Å². The number of amides is 1. The number of aryl methyl sites for hydroxylation is 1. The van der Waals surface area contributed by atoms with Crippen molar-refractivity contribution in [2.75, 3.05) is 26.2 Å². The van der Waals surface area contributed by atoms with Gasteiger partial charge in [0.1, 0.15) is 0 Å². The molecule has 1 aromatic heterocycles. The molecule has 22 heavy (non-hydrogen) atoms. The summed E-state index contributed by atoms with van der Waals surface area (Å²) in [5.41, 5.74) is 0. The zero-order valence-corrected chi connectivity index (χ0v) is 13.6. The second kappa shape index (κ2) is 6.34. The van der Waals surface area contributed by atoms with Gasteiger partial charge in [-0.25, -0.2) is 0 Å². The van der Waals surface area contributed by atoms with Crippen LogP contribution < -0.4 is 5.32 Å². The number of nitrogens with one attached hydrogen (secondary N) is 1. The van der Waals surface area contributed by atoms with Crippen LogP contribution in [-0.4, -0.2) is 64.1 Å². The van der Waals surface area contributed by atoms with Gasteiger partial charge < -0.3 is 9.84 Å². The largest absolute Gasteiger partial charge is 0.352 e. The molecule has 0 spiro atoms. The maximum Gasteiger partial charge on any atom is 0.243 e. The van der Waals surface area contributed by atoms with Gasteiger partial charge in [0.05, 0.1) is 12.1 Å². The fraction of sp³-hybridized carbons (Fsp3) is 0.800. The fourth-order valence-corrected chi connectivity index (χ4v) is 2.87. The van der Waals surface area contributed by atoms with Crippen molar-refractivity contribution in [1.82, 2.24) is 25.3 Å². The average Bonchev–Trinajstić information content (AvgIpc) is 3.24. The van der Waals surface area contributed by atoms with Crippen molar-refractivity contribution >= 4 is 5.91 Å². The Balaban J connectivity index is 1.50. The SMILES string of the molecule is Cc1noc(C(C)N2CCN(C(C)C(=O)NC3CC3)CC2)n1. The van der Waals surface area contributed by atoms with Crippen molar-refractivity contribution < 1.29 is 9.32 Å². The molecule has 2 heterocycles. The van der Waals surface area contributed by atoms with Crippen molar-refractivity contribution in [1.29, 1.82) is 0 Å². The van der Waals surface area contributed by atoms with E-state index >= 15 is 0 Å². The van der Waals surface area contributed by atoms with Gasteiger partial charge in [-0.05, 0) is 33.6 Å². The molecule has 1 amide bonds. The van der Waals surface area contributed by atoms with E-state index in [1.54, 1.807) is 0 Å². The van der Waals surface area contributed by atoms with Crippen LogP contribution in [0.4, 0.5) is 0 Å². The predicted molar refractivity (Wildman–Crippen MR) is 81.2 cm³/mol. The van der Waals surface area contributed by atoms with Gasteiger partial charge in [-0.2, -0.15) is 4.98 Å². The zero-order valence-electron chi connectivity index (χ0n) is 13.6. The summed E-state index contributed by atoms with van der Waals surface area (Å²) in [4.78, 5) is 21.0. The molecule has 1 aliphatic carbocycles. The van der Waals surface area contributed by atoms with Gasteiger partial charge in [0.25, 0.3) is 0 Å². The molecule has 122 valence electrons. The molecule has 1 aliphatic heterocycles. The highest BCUT2D eigenvalue weighted by Crippen LogP contribution is 2.22. The van der Waals surface area contributed by atoms with Gasteiger partial charge in [0, 0.05) is 32.2 Å². The third-order valence-corrected chi connectivity index (χ3v) is 4.65. The number of nitrogens with zero attached hydrogens (tertiary/aromatic N) is 4. The lowest BCUT2D eigenvalue weighted by Crippen LogP contribution is -2.54. The van der Waals surface area contributed by atoms with E-state index in [1.807, 2.05) is 13.8 Å². The lowest BCUT2D eigenvalue weighted by Gasteiger charge is -2.39. The summed E-state index contributed by atoms with van der Waals surface area (Å²) in [5.74, 6) is 1.51. The highest BCUT2D eigenvalue weighted by Gasteiger charge is 2.31. The maximum atomic E-state index is 12.1. The molecule has 0 bridgehead atoms. The van der Waals surface area contributed by atoms with Crippen molar-refractivity contribution in [3.8, 4) is 0 Å². The molecule has 3 rings (SSSR count). The van der Waals surface area contributed by atoms with Crippen molar-refractivity contribution in [2.24, 2.45) is 0 Å². The Kier molecular flexibility index (Phi) is 4.44. The first-order chi connectivity index (χ1) is 10.5.